The van der Waals surface area contributed by atoms with Gasteiger partial charge in [-0.1, -0.05) is 30.3 Å². The molecule has 4 N–H and O–H groups in total. The molecule has 1 aliphatic rings. The van der Waals surface area contributed by atoms with Gasteiger partial charge in [-0.25, -0.2) is 0 Å². The topological polar surface area (TPSA) is 66.3 Å². The average molecular weight is 384 g/mol. The summed E-state index contributed by atoms with van der Waals surface area (Å²) in [7, 11) is 0. The van der Waals surface area contributed by atoms with Crippen molar-refractivity contribution in [2.24, 2.45) is 0 Å². The number of H-pyrrole nitrogens is 1. The number of nitrogens with one attached hydrogen (secondary N) is 2. The molecule has 0 spiro atoms. The highest BCUT2D eigenvalue weighted by Crippen LogP contribution is 2.31. The van der Waals surface area contributed by atoms with Crippen molar-refractivity contribution in [1.29, 1.82) is 0 Å². The van der Waals surface area contributed by atoms with Crippen LogP contribution < -0.4 is 16.0 Å². The van der Waals surface area contributed by atoms with Crippen molar-refractivity contribution in [2.75, 3.05) is 42.3 Å². The van der Waals surface area contributed by atoms with E-state index >= 15 is 0 Å². The van der Waals surface area contributed by atoms with Gasteiger partial charge in [0, 0.05) is 41.1 Å². The Morgan fingerprint density at radius 3 is 2.41 bits per heavy atom. The molecule has 3 aromatic carbocycles. The van der Waals surface area contributed by atoms with E-state index < -0.39 is 0 Å². The van der Waals surface area contributed by atoms with Gasteiger partial charge < -0.3 is 25.7 Å². The van der Waals surface area contributed by atoms with Gasteiger partial charge in [0.2, 0.25) is 0 Å². The van der Waals surface area contributed by atoms with Gasteiger partial charge in [0.05, 0.1) is 18.7 Å². The van der Waals surface area contributed by atoms with Crippen LogP contribution in [-0.2, 0) is 4.74 Å². The minimum absolute atomic E-state index is 0.773. The Labute approximate surface area is 170 Å². The summed E-state index contributed by atoms with van der Waals surface area (Å²) >= 11 is 0. The molecule has 5 heteroatoms. The first-order valence-electron chi connectivity index (χ1n) is 9.94. The lowest BCUT2D eigenvalue weighted by molar-refractivity contribution is 0.122. The van der Waals surface area contributed by atoms with E-state index in [-0.39, 0.29) is 0 Å². The number of aromatic nitrogens is 1. The first-order valence-corrected chi connectivity index (χ1v) is 9.94. The van der Waals surface area contributed by atoms with Crippen molar-refractivity contribution in [1.82, 2.24) is 4.98 Å². The van der Waals surface area contributed by atoms with Crippen molar-refractivity contribution < 1.29 is 4.74 Å². The van der Waals surface area contributed by atoms with Crippen LogP contribution in [0.4, 0.5) is 22.9 Å². The van der Waals surface area contributed by atoms with Gasteiger partial charge in [-0.05, 0) is 48.0 Å². The first kappa shape index (κ1) is 17.6. The van der Waals surface area contributed by atoms with Crippen molar-refractivity contribution in [3.63, 3.8) is 0 Å². The van der Waals surface area contributed by atoms with Gasteiger partial charge in [0.1, 0.15) is 5.82 Å². The lowest BCUT2D eigenvalue weighted by Crippen LogP contribution is -2.36. The van der Waals surface area contributed by atoms with Crippen LogP contribution in [0, 0.1) is 0 Å². The number of ether oxygens (including phenoxy) is 1. The molecule has 0 unspecified atom stereocenters. The zero-order chi connectivity index (χ0) is 19.6. The second kappa shape index (κ2) is 7.53. The summed E-state index contributed by atoms with van der Waals surface area (Å²) in [4.78, 5) is 5.89. The number of anilines is 4. The van der Waals surface area contributed by atoms with E-state index in [0.717, 1.165) is 54.6 Å². The third-order valence-electron chi connectivity index (χ3n) is 5.40. The highest BCUT2D eigenvalue weighted by atomic mass is 16.5. The standard InChI is InChI=1S/C24H24N4O/c25-19-6-4-17(5-7-19)22-3-1-2-18-16-23(27-24(18)22)26-20-8-10-21(11-9-20)28-12-14-29-15-13-28/h1-11,16,26-27H,12-15,25H2. The summed E-state index contributed by atoms with van der Waals surface area (Å²) in [5.74, 6) is 0.974. The first-order chi connectivity index (χ1) is 14.3. The van der Waals surface area contributed by atoms with Gasteiger partial charge in [0.15, 0.2) is 0 Å². The number of hydrogen-bond donors (Lipinski definition) is 3. The molecule has 146 valence electrons. The number of benzene rings is 3. The fraction of sp³-hybridized carbons (Fsp3) is 0.167. The lowest BCUT2D eigenvalue weighted by Gasteiger charge is -2.28. The summed E-state index contributed by atoms with van der Waals surface area (Å²) in [6, 6.07) is 25.0. The Kier molecular flexibility index (Phi) is 4.58. The number of aromatic amines is 1. The van der Waals surface area contributed by atoms with Crippen LogP contribution in [0.2, 0.25) is 0 Å². The van der Waals surface area contributed by atoms with Gasteiger partial charge in [-0.15, -0.1) is 0 Å². The fourth-order valence-electron chi connectivity index (χ4n) is 3.86. The molecule has 0 saturated carbocycles. The van der Waals surface area contributed by atoms with Crippen molar-refractivity contribution in [2.45, 2.75) is 0 Å². The highest BCUT2D eigenvalue weighted by Gasteiger charge is 2.11. The lowest BCUT2D eigenvalue weighted by atomic mass is 10.0. The smallest absolute Gasteiger partial charge is 0.108 e. The molecule has 4 aromatic rings. The Morgan fingerprint density at radius 1 is 0.897 bits per heavy atom. The molecule has 0 atom stereocenters. The average Bonchev–Trinajstić information content (AvgIpc) is 3.18. The maximum Gasteiger partial charge on any atom is 0.108 e. The van der Waals surface area contributed by atoms with Crippen LogP contribution in [0.3, 0.4) is 0 Å². The number of hydrogen-bond acceptors (Lipinski definition) is 4. The number of nitrogen functional groups attached to an aromatic ring is 1. The molecule has 5 nitrogen and oxygen atoms in total. The second-order valence-corrected chi connectivity index (χ2v) is 7.35. The molecule has 2 heterocycles. The van der Waals surface area contributed by atoms with Gasteiger partial charge in [-0.3, -0.25) is 0 Å². The van der Waals surface area contributed by atoms with Crippen LogP contribution in [0.1, 0.15) is 0 Å². The normalized spacial score (nSPS) is 14.3. The Morgan fingerprint density at radius 2 is 1.66 bits per heavy atom. The SMILES string of the molecule is Nc1ccc(-c2cccc3cc(Nc4ccc(N5CCOCC5)cc4)[nH]c23)cc1. The molecule has 1 aliphatic heterocycles. The Bertz CT molecular complexity index is 1110. The van der Waals surface area contributed by atoms with E-state index in [9.17, 15) is 0 Å². The maximum absolute atomic E-state index is 5.84. The van der Waals surface area contributed by atoms with Crippen LogP contribution >= 0.6 is 0 Å². The Hall–Kier alpha value is -3.44. The molecule has 0 amide bonds. The number of fused-ring (bicyclic) bond motifs is 1. The number of nitrogens with two attached hydrogens (primary N) is 1. The molecule has 29 heavy (non-hydrogen) atoms. The molecule has 1 fully saturated rings. The Balaban J connectivity index is 1.39. The highest BCUT2D eigenvalue weighted by molar-refractivity contribution is 5.97. The van der Waals surface area contributed by atoms with Gasteiger partial charge in [-0.2, -0.15) is 0 Å². The molecular weight excluding hydrogens is 360 g/mol. The minimum Gasteiger partial charge on any atom is -0.399 e. The predicted octanol–water partition coefficient (Wildman–Crippen LogP) is 5.00. The monoisotopic (exact) mass is 384 g/mol. The quantitative estimate of drug-likeness (QED) is 0.433. The molecule has 0 aliphatic carbocycles. The van der Waals surface area contributed by atoms with Gasteiger partial charge in [0.25, 0.3) is 0 Å². The summed E-state index contributed by atoms with van der Waals surface area (Å²) in [6.07, 6.45) is 0. The molecule has 0 bridgehead atoms. The van der Waals surface area contributed by atoms with Crippen LogP contribution in [0.25, 0.3) is 22.0 Å². The summed E-state index contributed by atoms with van der Waals surface area (Å²) in [6.45, 7) is 3.49. The molecule has 0 radical (unpaired) electrons. The molecule has 1 saturated heterocycles. The van der Waals surface area contributed by atoms with Crippen LogP contribution in [0.5, 0.6) is 0 Å². The molecular formula is C24H24N4O. The van der Waals surface area contributed by atoms with Crippen LogP contribution in [-0.4, -0.2) is 31.3 Å². The third kappa shape index (κ3) is 3.65. The summed E-state index contributed by atoms with van der Waals surface area (Å²) in [5.41, 5.74) is 12.3. The zero-order valence-corrected chi connectivity index (χ0v) is 16.2. The predicted molar refractivity (Wildman–Crippen MR) is 121 cm³/mol. The van der Waals surface area contributed by atoms with Crippen molar-refractivity contribution in [3.8, 4) is 11.1 Å². The van der Waals surface area contributed by atoms with E-state index in [2.05, 4.69) is 75.9 Å². The van der Waals surface area contributed by atoms with Crippen molar-refractivity contribution in [3.05, 3.63) is 72.8 Å². The van der Waals surface area contributed by atoms with Crippen molar-refractivity contribution >= 4 is 33.8 Å². The van der Waals surface area contributed by atoms with E-state index in [1.54, 1.807) is 0 Å². The second-order valence-electron chi connectivity index (χ2n) is 7.35. The number of para-hydroxylation sites is 1. The largest absolute Gasteiger partial charge is 0.399 e. The van der Waals surface area contributed by atoms with E-state index in [0.29, 0.717) is 0 Å². The number of rotatable bonds is 4. The number of morpholine rings is 1. The molecule has 1 aromatic heterocycles. The molecule has 5 rings (SSSR count). The number of nitrogens with zero attached hydrogens (tertiary/aromatic N) is 1. The van der Waals surface area contributed by atoms with Gasteiger partial charge >= 0.3 is 0 Å². The summed E-state index contributed by atoms with van der Waals surface area (Å²) in [5, 5.41) is 4.67. The minimum atomic E-state index is 0.773. The third-order valence-corrected chi connectivity index (χ3v) is 5.40. The van der Waals surface area contributed by atoms with E-state index in [1.807, 2.05) is 12.1 Å². The van der Waals surface area contributed by atoms with Crippen LogP contribution in [0.15, 0.2) is 72.8 Å². The zero-order valence-electron chi connectivity index (χ0n) is 16.2. The fourth-order valence-corrected chi connectivity index (χ4v) is 3.86. The maximum atomic E-state index is 5.84. The summed E-state index contributed by atoms with van der Waals surface area (Å²) < 4.78 is 5.44. The van der Waals surface area contributed by atoms with E-state index in [4.69, 9.17) is 10.5 Å². The van der Waals surface area contributed by atoms with E-state index in [1.165, 1.54) is 16.6 Å².